The summed E-state index contributed by atoms with van der Waals surface area (Å²) in [5, 5.41) is 6.01. The molecule has 2 atom stereocenters. The lowest BCUT2D eigenvalue weighted by atomic mass is 10.2. The molecular weight excluding hydrogens is 264 g/mol. The Labute approximate surface area is 115 Å². The highest BCUT2D eigenvalue weighted by atomic mass is 32.2. The topological polar surface area (TPSA) is 75.3 Å². The second kappa shape index (κ2) is 6.22. The smallest absolute Gasteiger partial charge is 0.220 e. The summed E-state index contributed by atoms with van der Waals surface area (Å²) in [6, 6.07) is 0.492. The molecule has 110 valence electrons. The number of nitrogens with one attached hydrogen (secondary N) is 2. The Morgan fingerprint density at radius 2 is 1.95 bits per heavy atom. The molecule has 0 aromatic rings. The van der Waals surface area contributed by atoms with E-state index in [-0.39, 0.29) is 17.2 Å². The van der Waals surface area contributed by atoms with Crippen LogP contribution in [0.2, 0.25) is 0 Å². The molecule has 2 saturated carbocycles. The molecule has 2 rings (SSSR count). The average Bonchev–Trinajstić information content (AvgIpc) is 2.98. The van der Waals surface area contributed by atoms with Gasteiger partial charge in [0.15, 0.2) is 9.84 Å². The number of amides is 1. The van der Waals surface area contributed by atoms with E-state index in [4.69, 9.17) is 0 Å². The third kappa shape index (κ3) is 4.76. The Bertz CT molecular complexity index is 418. The van der Waals surface area contributed by atoms with Crippen LogP contribution in [0.5, 0.6) is 0 Å². The van der Waals surface area contributed by atoms with E-state index < -0.39 is 9.84 Å². The Morgan fingerprint density at radius 3 is 2.58 bits per heavy atom. The summed E-state index contributed by atoms with van der Waals surface area (Å²) >= 11 is 0. The fourth-order valence-electron chi connectivity index (χ4n) is 2.74. The normalized spacial score (nSPS) is 27.4. The molecule has 0 spiro atoms. The van der Waals surface area contributed by atoms with E-state index in [0.717, 1.165) is 45.1 Å². The predicted molar refractivity (Wildman–Crippen MR) is 74.7 cm³/mol. The van der Waals surface area contributed by atoms with Crippen LogP contribution in [0.15, 0.2) is 0 Å². The third-order valence-electron chi connectivity index (χ3n) is 3.93. The molecule has 0 aromatic heterocycles. The number of hydrogen-bond acceptors (Lipinski definition) is 4. The van der Waals surface area contributed by atoms with Gasteiger partial charge in [-0.2, -0.15) is 0 Å². The second-order valence-corrected chi connectivity index (χ2v) is 8.07. The van der Waals surface area contributed by atoms with Gasteiger partial charge in [-0.25, -0.2) is 8.42 Å². The van der Waals surface area contributed by atoms with Gasteiger partial charge in [-0.05, 0) is 38.6 Å². The Balaban J connectivity index is 1.63. The van der Waals surface area contributed by atoms with Gasteiger partial charge in [-0.1, -0.05) is 6.42 Å². The van der Waals surface area contributed by atoms with Crippen molar-refractivity contribution in [3.63, 3.8) is 0 Å². The van der Waals surface area contributed by atoms with Crippen LogP contribution in [-0.4, -0.2) is 44.5 Å². The SMILES string of the molecule is CS(=O)(=O)C1CCCC1NCCCC(=O)NC1CC1. The summed E-state index contributed by atoms with van der Waals surface area (Å²) in [7, 11) is -2.95. The molecule has 2 aliphatic rings. The van der Waals surface area contributed by atoms with Crippen molar-refractivity contribution in [3.8, 4) is 0 Å². The minimum atomic E-state index is -2.95. The van der Waals surface area contributed by atoms with Gasteiger partial charge in [0.2, 0.25) is 5.91 Å². The molecule has 5 nitrogen and oxygen atoms in total. The zero-order valence-corrected chi connectivity index (χ0v) is 12.3. The zero-order chi connectivity index (χ0) is 13.9. The van der Waals surface area contributed by atoms with Gasteiger partial charge in [0, 0.05) is 24.8 Å². The van der Waals surface area contributed by atoms with Crippen LogP contribution in [0, 0.1) is 0 Å². The minimum absolute atomic E-state index is 0.0708. The number of carbonyl (C=O) groups is 1. The Morgan fingerprint density at radius 1 is 1.21 bits per heavy atom. The summed E-state index contributed by atoms with van der Waals surface area (Å²) in [5.41, 5.74) is 0. The van der Waals surface area contributed by atoms with Crippen molar-refractivity contribution in [2.24, 2.45) is 0 Å². The number of rotatable bonds is 7. The molecular formula is C13H24N2O3S. The molecule has 2 aliphatic carbocycles. The van der Waals surface area contributed by atoms with Gasteiger partial charge in [-0.15, -0.1) is 0 Å². The largest absolute Gasteiger partial charge is 0.353 e. The summed E-state index contributed by atoms with van der Waals surface area (Å²) in [6.07, 6.45) is 7.50. The average molecular weight is 288 g/mol. The molecule has 2 unspecified atom stereocenters. The van der Waals surface area contributed by atoms with E-state index in [2.05, 4.69) is 10.6 Å². The molecule has 2 N–H and O–H groups in total. The van der Waals surface area contributed by atoms with Crippen LogP contribution >= 0.6 is 0 Å². The van der Waals surface area contributed by atoms with E-state index in [1.54, 1.807) is 0 Å². The maximum atomic E-state index is 11.6. The van der Waals surface area contributed by atoms with E-state index in [1.165, 1.54) is 6.26 Å². The van der Waals surface area contributed by atoms with Gasteiger partial charge >= 0.3 is 0 Å². The van der Waals surface area contributed by atoms with Gasteiger partial charge in [-0.3, -0.25) is 4.79 Å². The lowest BCUT2D eigenvalue weighted by Crippen LogP contribution is -2.40. The van der Waals surface area contributed by atoms with Crippen molar-refractivity contribution >= 4 is 15.7 Å². The monoisotopic (exact) mass is 288 g/mol. The Hall–Kier alpha value is -0.620. The molecule has 0 heterocycles. The van der Waals surface area contributed by atoms with Gasteiger partial charge in [0.05, 0.1) is 5.25 Å². The summed E-state index contributed by atoms with van der Waals surface area (Å²) in [4.78, 5) is 11.5. The standard InChI is InChI=1S/C13H24N2O3S/c1-19(17,18)12-5-2-4-11(12)14-9-3-6-13(16)15-10-7-8-10/h10-12,14H,2-9H2,1H3,(H,15,16). The Kier molecular flexibility index (Phi) is 4.84. The summed E-state index contributed by atoms with van der Waals surface area (Å²) < 4.78 is 23.2. The van der Waals surface area contributed by atoms with Crippen LogP contribution in [0.4, 0.5) is 0 Å². The van der Waals surface area contributed by atoms with Crippen molar-refractivity contribution < 1.29 is 13.2 Å². The maximum absolute atomic E-state index is 11.6. The van der Waals surface area contributed by atoms with Crippen molar-refractivity contribution in [2.45, 2.75) is 62.3 Å². The van der Waals surface area contributed by atoms with Gasteiger partial charge < -0.3 is 10.6 Å². The first kappa shape index (κ1) is 14.8. The van der Waals surface area contributed by atoms with Crippen LogP contribution < -0.4 is 10.6 Å². The molecule has 0 aliphatic heterocycles. The molecule has 0 radical (unpaired) electrons. The lowest BCUT2D eigenvalue weighted by Gasteiger charge is -2.19. The highest BCUT2D eigenvalue weighted by Crippen LogP contribution is 2.25. The quantitative estimate of drug-likeness (QED) is 0.673. The fourth-order valence-corrected chi connectivity index (χ4v) is 4.16. The minimum Gasteiger partial charge on any atom is -0.353 e. The van der Waals surface area contributed by atoms with Crippen molar-refractivity contribution in [2.75, 3.05) is 12.8 Å². The van der Waals surface area contributed by atoms with Crippen molar-refractivity contribution in [1.82, 2.24) is 10.6 Å². The summed E-state index contributed by atoms with van der Waals surface area (Å²) in [5.74, 6) is 0.121. The van der Waals surface area contributed by atoms with Crippen molar-refractivity contribution in [1.29, 1.82) is 0 Å². The first-order chi connectivity index (χ1) is 8.97. The molecule has 0 bridgehead atoms. The highest BCUT2D eigenvalue weighted by molar-refractivity contribution is 7.91. The van der Waals surface area contributed by atoms with E-state index in [1.807, 2.05) is 0 Å². The zero-order valence-electron chi connectivity index (χ0n) is 11.5. The van der Waals surface area contributed by atoms with E-state index in [0.29, 0.717) is 12.5 Å². The van der Waals surface area contributed by atoms with Crippen LogP contribution in [0.25, 0.3) is 0 Å². The third-order valence-corrected chi connectivity index (χ3v) is 5.60. The van der Waals surface area contributed by atoms with E-state index in [9.17, 15) is 13.2 Å². The summed E-state index contributed by atoms with van der Waals surface area (Å²) in [6.45, 7) is 0.717. The molecule has 2 fully saturated rings. The molecule has 19 heavy (non-hydrogen) atoms. The number of hydrogen-bond donors (Lipinski definition) is 2. The van der Waals surface area contributed by atoms with Crippen LogP contribution in [0.3, 0.4) is 0 Å². The van der Waals surface area contributed by atoms with Gasteiger partial charge in [0.25, 0.3) is 0 Å². The maximum Gasteiger partial charge on any atom is 0.220 e. The first-order valence-electron chi connectivity index (χ1n) is 7.18. The first-order valence-corrected chi connectivity index (χ1v) is 9.14. The number of carbonyl (C=O) groups excluding carboxylic acids is 1. The molecule has 0 saturated heterocycles. The predicted octanol–water partition coefficient (Wildman–Crippen LogP) is 0.601. The second-order valence-electron chi connectivity index (χ2n) is 5.80. The van der Waals surface area contributed by atoms with Crippen LogP contribution in [0.1, 0.15) is 44.9 Å². The van der Waals surface area contributed by atoms with E-state index >= 15 is 0 Å². The molecule has 0 aromatic carbocycles. The van der Waals surface area contributed by atoms with Gasteiger partial charge in [0.1, 0.15) is 0 Å². The highest BCUT2D eigenvalue weighted by Gasteiger charge is 2.34. The molecule has 6 heteroatoms. The molecule has 1 amide bonds. The van der Waals surface area contributed by atoms with Crippen molar-refractivity contribution in [3.05, 3.63) is 0 Å². The van der Waals surface area contributed by atoms with Crippen LogP contribution in [-0.2, 0) is 14.6 Å². The fraction of sp³-hybridized carbons (Fsp3) is 0.923. The lowest BCUT2D eigenvalue weighted by molar-refractivity contribution is -0.121. The number of sulfone groups is 1.